The number of phenols is 1. The number of aromatic hydroxyl groups is 1. The predicted octanol–water partition coefficient (Wildman–Crippen LogP) is 6.22. The Kier molecular flexibility index (Phi) is 6.32. The highest BCUT2D eigenvalue weighted by Gasteiger charge is 2.34. The Morgan fingerprint density at radius 3 is 2.31 bits per heavy atom. The van der Waals surface area contributed by atoms with Gasteiger partial charge in [0.2, 0.25) is 0 Å². The molecule has 5 nitrogen and oxygen atoms in total. The Bertz CT molecular complexity index is 1200. The molecule has 1 aliphatic heterocycles. The highest BCUT2D eigenvalue weighted by Crippen LogP contribution is 2.38. The number of carbonyl (C=O) groups excluding carboxylic acids is 1. The third-order valence-electron chi connectivity index (χ3n) is 4.94. The van der Waals surface area contributed by atoms with Crippen LogP contribution in [0, 0.1) is 13.8 Å². The van der Waals surface area contributed by atoms with Gasteiger partial charge in [-0.15, -0.1) is 0 Å². The molecule has 1 heterocycles. The lowest BCUT2D eigenvalue weighted by atomic mass is 10.1. The van der Waals surface area contributed by atoms with Gasteiger partial charge in [0.05, 0.1) is 22.9 Å². The number of phenolic OH excluding ortho intramolecular Hbond substituents is 1. The Morgan fingerprint density at radius 2 is 1.66 bits per heavy atom. The van der Waals surface area contributed by atoms with Gasteiger partial charge < -0.3 is 9.84 Å². The molecule has 1 aliphatic rings. The van der Waals surface area contributed by atoms with E-state index >= 15 is 0 Å². The van der Waals surface area contributed by atoms with Gasteiger partial charge in [0, 0.05) is 0 Å². The van der Waals surface area contributed by atoms with Crippen LogP contribution in [0.4, 0.5) is 11.4 Å². The van der Waals surface area contributed by atoms with E-state index in [0.717, 1.165) is 28.1 Å². The number of anilines is 1. The number of carbonyl (C=O) groups is 1. The molecule has 1 fully saturated rings. The molecule has 0 atom stereocenters. The van der Waals surface area contributed by atoms with Gasteiger partial charge in [-0.3, -0.25) is 9.69 Å². The second-order valence-corrected chi connectivity index (χ2v) is 8.49. The van der Waals surface area contributed by atoms with Crippen LogP contribution >= 0.6 is 11.8 Å². The summed E-state index contributed by atoms with van der Waals surface area (Å²) in [6.07, 6.45) is 1.80. The van der Waals surface area contributed by atoms with Gasteiger partial charge in [-0.05, 0) is 80.6 Å². The van der Waals surface area contributed by atoms with Crippen molar-refractivity contribution in [3.8, 4) is 11.5 Å². The molecule has 3 aromatic rings. The van der Waals surface area contributed by atoms with Crippen LogP contribution in [-0.4, -0.2) is 22.8 Å². The lowest BCUT2D eigenvalue weighted by Gasteiger charge is -2.16. The summed E-state index contributed by atoms with van der Waals surface area (Å²) in [7, 11) is 0. The molecule has 0 radical (unpaired) electrons. The van der Waals surface area contributed by atoms with Gasteiger partial charge in [0.25, 0.3) is 5.91 Å². The summed E-state index contributed by atoms with van der Waals surface area (Å²) < 4.78 is 5.47. The molecule has 0 bridgehead atoms. The smallest absolute Gasteiger partial charge is 0.271 e. The number of thioether (sulfide) groups is 1. The lowest BCUT2D eigenvalue weighted by molar-refractivity contribution is -0.113. The molecule has 6 heteroatoms. The molecule has 4 rings (SSSR count). The highest BCUT2D eigenvalue weighted by molar-refractivity contribution is 8.19. The number of amides is 1. The van der Waals surface area contributed by atoms with Crippen molar-refractivity contribution in [1.29, 1.82) is 0 Å². The maximum absolute atomic E-state index is 13.4. The molecule has 0 saturated carbocycles. The monoisotopic (exact) mass is 444 g/mol. The number of amidine groups is 1. The number of benzene rings is 3. The summed E-state index contributed by atoms with van der Waals surface area (Å²) in [6.45, 7) is 6.33. The summed E-state index contributed by atoms with van der Waals surface area (Å²) in [4.78, 5) is 20.3. The van der Waals surface area contributed by atoms with Crippen LogP contribution in [-0.2, 0) is 4.79 Å². The number of hydrogen-bond donors (Lipinski definition) is 1. The normalized spacial score (nSPS) is 16.2. The molecule has 162 valence electrons. The van der Waals surface area contributed by atoms with E-state index in [9.17, 15) is 9.90 Å². The maximum atomic E-state index is 13.4. The van der Waals surface area contributed by atoms with Crippen molar-refractivity contribution in [2.75, 3.05) is 11.5 Å². The zero-order chi connectivity index (χ0) is 22.7. The Morgan fingerprint density at radius 1 is 1.00 bits per heavy atom. The second-order valence-electron chi connectivity index (χ2n) is 7.48. The number of aliphatic imine (C=N–C) groups is 1. The molecule has 1 saturated heterocycles. The van der Waals surface area contributed by atoms with E-state index in [2.05, 4.69) is 0 Å². The van der Waals surface area contributed by atoms with Crippen molar-refractivity contribution in [1.82, 2.24) is 0 Å². The van der Waals surface area contributed by atoms with Crippen LogP contribution in [0.15, 0.2) is 76.6 Å². The van der Waals surface area contributed by atoms with Crippen molar-refractivity contribution in [3.05, 3.63) is 88.3 Å². The fourth-order valence-corrected chi connectivity index (χ4v) is 4.24. The highest BCUT2D eigenvalue weighted by atomic mass is 32.2. The number of ether oxygens (including phenoxy) is 1. The zero-order valence-corrected chi connectivity index (χ0v) is 19.0. The first-order valence-electron chi connectivity index (χ1n) is 10.4. The van der Waals surface area contributed by atoms with Crippen LogP contribution in [0.3, 0.4) is 0 Å². The minimum absolute atomic E-state index is 0.0716. The van der Waals surface area contributed by atoms with Gasteiger partial charge in [-0.2, -0.15) is 0 Å². The quantitative estimate of drug-likeness (QED) is 0.475. The topological polar surface area (TPSA) is 62.1 Å². The third kappa shape index (κ3) is 4.70. The van der Waals surface area contributed by atoms with Crippen molar-refractivity contribution >= 4 is 40.3 Å². The fraction of sp³-hybridized carbons (Fsp3) is 0.154. The zero-order valence-electron chi connectivity index (χ0n) is 18.2. The minimum Gasteiger partial charge on any atom is -0.504 e. The first kappa shape index (κ1) is 21.7. The van der Waals surface area contributed by atoms with E-state index in [1.54, 1.807) is 29.2 Å². The molecular weight excluding hydrogens is 420 g/mol. The summed E-state index contributed by atoms with van der Waals surface area (Å²) in [5.74, 6) is 0.319. The van der Waals surface area contributed by atoms with Crippen LogP contribution in [0.1, 0.15) is 23.6 Å². The van der Waals surface area contributed by atoms with Crippen LogP contribution in [0.5, 0.6) is 11.5 Å². The van der Waals surface area contributed by atoms with Crippen molar-refractivity contribution in [3.63, 3.8) is 0 Å². The van der Waals surface area contributed by atoms with E-state index < -0.39 is 0 Å². The number of hydrogen-bond acceptors (Lipinski definition) is 5. The van der Waals surface area contributed by atoms with Gasteiger partial charge in [-0.1, -0.05) is 41.5 Å². The molecule has 3 aromatic carbocycles. The number of nitrogens with zero attached hydrogens (tertiary/aromatic N) is 2. The van der Waals surface area contributed by atoms with Gasteiger partial charge in [-0.25, -0.2) is 4.99 Å². The van der Waals surface area contributed by atoms with E-state index in [1.807, 2.05) is 69.3 Å². The molecule has 0 spiro atoms. The average molecular weight is 445 g/mol. The molecule has 1 N–H and O–H groups in total. The second kappa shape index (κ2) is 9.32. The van der Waals surface area contributed by atoms with E-state index in [4.69, 9.17) is 9.73 Å². The summed E-state index contributed by atoms with van der Waals surface area (Å²) in [5.41, 5.74) is 4.59. The standard InChI is InChI=1S/C26H24N2O3S/c1-4-31-23-15-19(9-14-22(23)29)16-24-25(30)28(21-12-7-18(3)8-13-21)26(32-24)27-20-10-5-17(2)6-11-20/h5-16,29H,4H2,1-3H3/b24-16-,27-26-. The first-order valence-corrected chi connectivity index (χ1v) is 11.2. The molecule has 0 aliphatic carbocycles. The molecule has 1 amide bonds. The Hall–Kier alpha value is -3.51. The summed E-state index contributed by atoms with van der Waals surface area (Å²) >= 11 is 1.33. The molecular formula is C26H24N2O3S. The summed E-state index contributed by atoms with van der Waals surface area (Å²) in [5, 5.41) is 10.6. The number of aryl methyl sites for hydroxylation is 2. The van der Waals surface area contributed by atoms with Crippen LogP contribution in [0.25, 0.3) is 6.08 Å². The van der Waals surface area contributed by atoms with Crippen molar-refractivity contribution in [2.24, 2.45) is 4.99 Å². The van der Waals surface area contributed by atoms with E-state index in [1.165, 1.54) is 11.8 Å². The van der Waals surface area contributed by atoms with Gasteiger partial charge in [0.15, 0.2) is 16.7 Å². The van der Waals surface area contributed by atoms with Crippen LogP contribution < -0.4 is 9.64 Å². The van der Waals surface area contributed by atoms with E-state index in [-0.39, 0.29) is 11.7 Å². The lowest BCUT2D eigenvalue weighted by Crippen LogP contribution is -2.28. The molecule has 32 heavy (non-hydrogen) atoms. The number of rotatable bonds is 5. The van der Waals surface area contributed by atoms with Gasteiger partial charge in [0.1, 0.15) is 0 Å². The Labute approximate surface area is 192 Å². The maximum Gasteiger partial charge on any atom is 0.271 e. The van der Waals surface area contributed by atoms with Crippen molar-refractivity contribution in [2.45, 2.75) is 20.8 Å². The molecule has 0 unspecified atom stereocenters. The first-order chi connectivity index (χ1) is 15.4. The fourth-order valence-electron chi connectivity index (χ4n) is 3.24. The Balaban J connectivity index is 1.75. The third-order valence-corrected chi connectivity index (χ3v) is 5.91. The minimum atomic E-state index is -0.143. The van der Waals surface area contributed by atoms with E-state index in [0.29, 0.717) is 22.4 Å². The van der Waals surface area contributed by atoms with Crippen molar-refractivity contribution < 1.29 is 14.6 Å². The predicted molar refractivity (Wildman–Crippen MR) is 132 cm³/mol. The van der Waals surface area contributed by atoms with Crippen LogP contribution in [0.2, 0.25) is 0 Å². The average Bonchev–Trinajstić information content (AvgIpc) is 3.07. The van der Waals surface area contributed by atoms with Gasteiger partial charge >= 0.3 is 0 Å². The SMILES string of the molecule is CCOc1cc(/C=C2\S/C(=N\c3ccc(C)cc3)N(c3ccc(C)cc3)C2=O)ccc1O. The summed E-state index contributed by atoms with van der Waals surface area (Å²) in [6, 6.07) is 20.7. The largest absolute Gasteiger partial charge is 0.504 e. The molecule has 0 aromatic heterocycles.